The summed E-state index contributed by atoms with van der Waals surface area (Å²) < 4.78 is 75.5. The van der Waals surface area contributed by atoms with Crippen LogP contribution in [0.4, 0.5) is 29.7 Å². The second kappa shape index (κ2) is 44.8. The van der Waals surface area contributed by atoms with Gasteiger partial charge in [0.25, 0.3) is 0 Å². The fourth-order valence-corrected chi connectivity index (χ4v) is 17.5. The van der Waals surface area contributed by atoms with E-state index < -0.39 is 193 Å². The van der Waals surface area contributed by atoms with Gasteiger partial charge in [-0.15, -0.1) is 0 Å². The molecule has 0 spiro atoms. The van der Waals surface area contributed by atoms with Gasteiger partial charge < -0.3 is 101 Å². The van der Waals surface area contributed by atoms with Crippen LogP contribution in [0.25, 0.3) is 0 Å². The van der Waals surface area contributed by atoms with E-state index in [9.17, 15) is 78.6 Å². The molecule has 2 heterocycles. The number of alkyl carbamates (subject to hydrolysis) is 1. The first-order valence-electron chi connectivity index (χ1n) is 41.9. The number of rotatable bonds is 49. The van der Waals surface area contributed by atoms with Crippen molar-refractivity contribution in [1.29, 1.82) is 0 Å². The van der Waals surface area contributed by atoms with Gasteiger partial charge in [-0.2, -0.15) is 0 Å². The Morgan fingerprint density at radius 3 is 2.07 bits per heavy atom. The molecular formula is C89H119F2N7O23. The van der Waals surface area contributed by atoms with E-state index in [4.69, 9.17) is 38.9 Å². The number of carbonyl (C=O) groups excluding carboxylic acids is 10. The van der Waals surface area contributed by atoms with E-state index in [1.807, 2.05) is 55.5 Å². The molecule has 6 aliphatic rings. The normalized spacial score (nSPS) is 24.7. The highest BCUT2D eigenvalue weighted by Gasteiger charge is 2.80. The first-order valence-corrected chi connectivity index (χ1v) is 41.9. The first kappa shape index (κ1) is 95.8. The van der Waals surface area contributed by atoms with Gasteiger partial charge in [-0.3, -0.25) is 38.4 Å². The minimum Gasteiger partial charge on any atom is -0.445 e. The molecule has 4 aliphatic carbocycles. The van der Waals surface area contributed by atoms with E-state index in [2.05, 4.69) is 45.0 Å². The third kappa shape index (κ3) is 24.3. The van der Waals surface area contributed by atoms with Crippen molar-refractivity contribution in [3.63, 3.8) is 0 Å². The van der Waals surface area contributed by atoms with Crippen molar-refractivity contribution in [2.45, 2.75) is 217 Å². The van der Waals surface area contributed by atoms with Crippen LogP contribution >= 0.6 is 0 Å². The lowest BCUT2D eigenvalue weighted by atomic mass is 9.44. The number of Topliss-reactive ketones (excluding diaryl/α,β-unsaturated/α-hetero) is 4. The van der Waals surface area contributed by atoms with Crippen molar-refractivity contribution >= 4 is 70.3 Å². The van der Waals surface area contributed by atoms with Gasteiger partial charge in [0.15, 0.2) is 29.1 Å². The van der Waals surface area contributed by atoms with Gasteiger partial charge in [0, 0.05) is 110 Å². The van der Waals surface area contributed by atoms with E-state index in [-0.39, 0.29) is 147 Å². The number of amides is 7. The number of primary amides is 1. The van der Waals surface area contributed by atoms with Crippen LogP contribution in [0.1, 0.15) is 160 Å². The average molecular weight is 1690 g/mol. The van der Waals surface area contributed by atoms with Gasteiger partial charge in [-0.05, 0) is 123 Å². The number of hydrogen-bond donors (Lipinski definition) is 12. The lowest BCUT2D eigenvalue weighted by Gasteiger charge is -2.63. The molecule has 121 heavy (non-hydrogen) atoms. The number of halogens is 2. The van der Waals surface area contributed by atoms with Gasteiger partial charge in [-0.25, -0.2) is 18.4 Å². The number of anilines is 2. The lowest BCUT2D eigenvalue weighted by molar-refractivity contribution is -0.233. The Bertz CT molecular complexity index is 4250. The molecule has 3 aromatic carbocycles. The minimum absolute atomic E-state index is 0.0383. The molecule has 7 amide bonds. The summed E-state index contributed by atoms with van der Waals surface area (Å²) in [4.78, 5) is 138. The fraction of sp³-hybridized carbons (Fsp3) is 0.596. The van der Waals surface area contributed by atoms with Crippen molar-refractivity contribution in [1.82, 2.24) is 21.3 Å². The monoisotopic (exact) mass is 1690 g/mol. The van der Waals surface area contributed by atoms with Gasteiger partial charge in [0.1, 0.15) is 42.7 Å². The molecule has 1 unspecified atom stereocenters. The summed E-state index contributed by atoms with van der Waals surface area (Å²) in [6.45, 7) is 11.9. The van der Waals surface area contributed by atoms with Crippen molar-refractivity contribution in [3.05, 3.63) is 131 Å². The minimum atomic E-state index is -2.31. The third-order valence-corrected chi connectivity index (χ3v) is 24.2. The molecule has 9 rings (SSSR count). The fourth-order valence-electron chi connectivity index (χ4n) is 17.5. The van der Waals surface area contributed by atoms with Crippen LogP contribution in [0.15, 0.2) is 109 Å². The van der Waals surface area contributed by atoms with Gasteiger partial charge >= 0.3 is 12.1 Å². The summed E-state index contributed by atoms with van der Waals surface area (Å²) in [5, 5.41) is 74.7. The number of aliphatic hydroxyl groups excluding tert-OH is 6. The molecule has 0 bridgehead atoms. The summed E-state index contributed by atoms with van der Waals surface area (Å²) in [6.07, 6.45) is -8.53. The Hall–Kier alpha value is -9.08. The number of nitrogens with one attached hydrogen (secondary N) is 5. The molecule has 4 fully saturated rings. The molecule has 17 atom stereocenters. The molecule has 32 heteroatoms. The zero-order valence-corrected chi connectivity index (χ0v) is 69.6. The molecule has 662 valence electrons. The standard InChI is InChI=1S/C89H119F2N7O23/c1-7-14-78-120-75-47-65-66-46-68(90)67-43-55(4)31-33-86(67,5)88(66,91)73(105)48-87(65,6)89(75,121-78)74(106)50-95-85(114)119-53-56-21-26-62(27-22-56)96-82(111)59(18-12-34-93-84(92)113)45-70(102)79(54(2)3)97-83(112)60(25-29-76(107)94-49-71(103)80(109)81(110)72(104)52-99)44-64(101)32-36-116-38-40-118-42-41-117-39-37-115-35-13-19-63(100)28-30-77(108)98-51-61-17-9-8-15-57(61)23-24-58-16-10-11-20-69(58)98/h8-11,15-17,20-22,26-27,31,33,43,54,59-60,65-66,68,71-73,75,78-81,99,103-105,109-110H,4,7,12-14,18-19,25,28-30,32,34-42,44-53H2,1-3,5-6H3,(H,94,107)(H,95,114)(H,96,111)(H,97,112)(H3,92,93,113)/t59-,60+,65+,66+,68+,71+,72-,73+,75-,78?,79+,80-,81-,86+,87+,88+,89-/m1/s1. The number of carbonyl (C=O) groups is 10. The van der Waals surface area contributed by atoms with Crippen LogP contribution in [0.5, 0.6) is 0 Å². The highest BCUT2D eigenvalue weighted by atomic mass is 19.1. The third-order valence-electron chi connectivity index (χ3n) is 24.2. The predicted molar refractivity (Wildman–Crippen MR) is 438 cm³/mol. The Morgan fingerprint density at radius 2 is 1.38 bits per heavy atom. The number of aliphatic hydroxyl groups is 6. The number of nitrogens with two attached hydrogens (primary N) is 1. The van der Waals surface area contributed by atoms with Crippen LogP contribution in [0.2, 0.25) is 0 Å². The largest absolute Gasteiger partial charge is 0.445 e. The number of ketones is 4. The molecule has 3 aromatic rings. The van der Waals surface area contributed by atoms with E-state index >= 15 is 8.78 Å². The summed E-state index contributed by atoms with van der Waals surface area (Å²) in [5.74, 6) is -2.18. The maximum absolute atomic E-state index is 18.1. The van der Waals surface area contributed by atoms with Crippen LogP contribution < -0.4 is 37.2 Å². The molecular weight excluding hydrogens is 1570 g/mol. The smallest absolute Gasteiger partial charge is 0.407 e. The highest BCUT2D eigenvalue weighted by molar-refractivity contribution is 5.99. The Morgan fingerprint density at radius 1 is 0.727 bits per heavy atom. The zero-order chi connectivity index (χ0) is 87.8. The number of alkyl halides is 2. The Balaban J connectivity index is 0.715. The molecule has 1 saturated heterocycles. The Labute approximate surface area is 704 Å². The molecule has 0 radical (unpaired) electrons. The van der Waals surface area contributed by atoms with Crippen molar-refractivity contribution in [2.75, 3.05) is 89.3 Å². The van der Waals surface area contributed by atoms with Crippen LogP contribution in [-0.2, 0) is 84.7 Å². The maximum Gasteiger partial charge on any atom is 0.407 e. The van der Waals surface area contributed by atoms with Gasteiger partial charge in [0.2, 0.25) is 23.6 Å². The second-order valence-corrected chi connectivity index (χ2v) is 32.9. The Kier molecular flexibility index (Phi) is 35.5. The summed E-state index contributed by atoms with van der Waals surface area (Å²) in [6, 6.07) is 19.2. The molecule has 3 saturated carbocycles. The van der Waals surface area contributed by atoms with Crippen molar-refractivity contribution < 1.29 is 121 Å². The maximum atomic E-state index is 18.1. The summed E-state index contributed by atoms with van der Waals surface area (Å²) in [5.41, 5.74) is 3.16. The lowest BCUT2D eigenvalue weighted by Crippen LogP contribution is -2.71. The van der Waals surface area contributed by atoms with E-state index in [1.54, 1.807) is 63.0 Å². The van der Waals surface area contributed by atoms with E-state index in [0.29, 0.717) is 49.2 Å². The molecule has 13 N–H and O–H groups in total. The predicted octanol–water partition coefficient (Wildman–Crippen LogP) is 6.22. The number of para-hydroxylation sites is 1. The highest BCUT2D eigenvalue weighted by Crippen LogP contribution is 2.72. The van der Waals surface area contributed by atoms with E-state index in [0.717, 1.165) is 16.7 Å². The number of fused-ring (bicyclic) bond motifs is 9. The van der Waals surface area contributed by atoms with Gasteiger partial charge in [-0.1, -0.05) is 113 Å². The van der Waals surface area contributed by atoms with Crippen LogP contribution in [0.3, 0.4) is 0 Å². The second-order valence-electron chi connectivity index (χ2n) is 32.9. The summed E-state index contributed by atoms with van der Waals surface area (Å²) in [7, 11) is 0. The number of benzene rings is 3. The molecule has 30 nitrogen and oxygen atoms in total. The van der Waals surface area contributed by atoms with Crippen molar-refractivity contribution in [2.24, 2.45) is 46.2 Å². The topological polar surface area (TPSA) is 446 Å². The number of ether oxygens (including phenoxy) is 7. The van der Waals surface area contributed by atoms with Crippen molar-refractivity contribution in [3.8, 4) is 11.8 Å². The number of hydrogen-bond acceptors (Lipinski definition) is 23. The summed E-state index contributed by atoms with van der Waals surface area (Å²) >= 11 is 0. The molecule has 2 aliphatic heterocycles. The van der Waals surface area contributed by atoms with Crippen LogP contribution in [-0.4, -0.2) is 235 Å². The molecule has 0 aromatic heterocycles. The quantitative estimate of drug-likeness (QED) is 0.0220. The number of nitrogens with zero attached hydrogens (tertiary/aromatic N) is 1. The average Bonchev–Trinajstić information content (AvgIpc) is 1.51. The SMILES string of the molecule is C=C1C=C[C@@]2(C)C(=C1)[C@@H](F)C[C@H]1[C@@H]3C[C@H]4OC(CCC)O[C@@]4(C(=O)CNC(=O)OCc4ccc(NC(=O)[C@H](CCCNC(N)=O)CC(=O)[C@@H](NC(=O)[C@@H](CCC(=O)NC[C@H](O)[C@@H](O)[C@H](O)[C@H](O)CO)CC(=O)CCOCCOCCOCCOCCCC(=O)CCC(=O)N5Cc6ccccc6C#Cc6ccccc65)C(C)C)cc4)[C@@]3(C)C[C@H](O)[C@@]12F. The van der Waals surface area contributed by atoms with E-state index in [1.165, 1.54) is 12.1 Å². The van der Waals surface area contributed by atoms with Crippen LogP contribution in [0, 0.1) is 52.3 Å². The number of allylic oxidation sites excluding steroid dienone is 5. The first-order chi connectivity index (χ1) is 57.8. The number of urea groups is 1. The van der Waals surface area contributed by atoms with Gasteiger partial charge in [0.05, 0.1) is 96.0 Å². The zero-order valence-electron chi connectivity index (χ0n) is 69.6.